The SMILES string of the molecule is C1COCCN1.CCC1CCCCN1c1ccc([N+](=O)[O-])cc1. The van der Waals surface area contributed by atoms with Crippen LogP contribution < -0.4 is 10.2 Å². The molecule has 0 radical (unpaired) electrons. The lowest BCUT2D eigenvalue weighted by Gasteiger charge is -2.37. The first kappa shape index (κ1) is 17.7. The van der Waals surface area contributed by atoms with Gasteiger partial charge in [0, 0.05) is 43.5 Å². The predicted octanol–water partition coefficient (Wildman–Crippen LogP) is 2.97. The summed E-state index contributed by atoms with van der Waals surface area (Å²) in [5, 5.41) is 13.8. The quantitative estimate of drug-likeness (QED) is 0.685. The smallest absolute Gasteiger partial charge is 0.269 e. The molecule has 0 aromatic heterocycles. The minimum Gasteiger partial charge on any atom is -0.379 e. The van der Waals surface area contributed by atoms with Gasteiger partial charge < -0.3 is 15.0 Å². The Hall–Kier alpha value is -1.66. The van der Waals surface area contributed by atoms with Crippen molar-refractivity contribution in [1.82, 2.24) is 5.32 Å². The Labute approximate surface area is 138 Å². The summed E-state index contributed by atoms with van der Waals surface area (Å²) in [6.45, 7) is 7.10. The van der Waals surface area contributed by atoms with Crippen molar-refractivity contribution in [3.63, 3.8) is 0 Å². The number of morpholine rings is 1. The van der Waals surface area contributed by atoms with E-state index in [1.54, 1.807) is 12.1 Å². The summed E-state index contributed by atoms with van der Waals surface area (Å²) in [5.74, 6) is 0. The van der Waals surface area contributed by atoms with E-state index in [0.717, 1.165) is 45.0 Å². The van der Waals surface area contributed by atoms with E-state index < -0.39 is 0 Å². The van der Waals surface area contributed by atoms with E-state index in [0.29, 0.717) is 6.04 Å². The molecule has 1 unspecified atom stereocenters. The fourth-order valence-corrected chi connectivity index (χ4v) is 3.05. The Morgan fingerprint density at radius 3 is 2.43 bits per heavy atom. The monoisotopic (exact) mass is 321 g/mol. The zero-order valence-electron chi connectivity index (χ0n) is 13.9. The lowest BCUT2D eigenvalue weighted by Crippen LogP contribution is -2.39. The van der Waals surface area contributed by atoms with Crippen LogP contribution in [0, 0.1) is 10.1 Å². The highest BCUT2D eigenvalue weighted by Gasteiger charge is 2.21. The van der Waals surface area contributed by atoms with Gasteiger partial charge in [0.1, 0.15) is 0 Å². The van der Waals surface area contributed by atoms with Crippen molar-refractivity contribution in [1.29, 1.82) is 0 Å². The first-order valence-corrected chi connectivity index (χ1v) is 8.52. The van der Waals surface area contributed by atoms with Crippen molar-refractivity contribution in [3.05, 3.63) is 34.4 Å². The van der Waals surface area contributed by atoms with Crippen molar-refractivity contribution >= 4 is 11.4 Å². The van der Waals surface area contributed by atoms with Crippen molar-refractivity contribution in [3.8, 4) is 0 Å². The number of hydrogen-bond donors (Lipinski definition) is 1. The molecular formula is C17H27N3O3. The standard InChI is InChI=1S/C13H18N2O2.C4H9NO/c1-2-11-5-3-4-10-14(11)12-6-8-13(9-7-12)15(16)17;1-3-6-4-2-5-1/h6-9,11H,2-5,10H2,1H3;5H,1-4H2. The predicted molar refractivity (Wildman–Crippen MR) is 92.1 cm³/mol. The van der Waals surface area contributed by atoms with Crippen LogP contribution in [0.2, 0.25) is 0 Å². The van der Waals surface area contributed by atoms with Gasteiger partial charge in [-0.3, -0.25) is 10.1 Å². The molecule has 2 heterocycles. The highest BCUT2D eigenvalue weighted by Crippen LogP contribution is 2.27. The maximum Gasteiger partial charge on any atom is 0.269 e. The Morgan fingerprint density at radius 2 is 1.96 bits per heavy atom. The van der Waals surface area contributed by atoms with Crippen molar-refractivity contribution in [2.24, 2.45) is 0 Å². The molecule has 6 nitrogen and oxygen atoms in total. The van der Waals surface area contributed by atoms with Gasteiger partial charge in [0.15, 0.2) is 0 Å². The third kappa shape index (κ3) is 5.48. The van der Waals surface area contributed by atoms with E-state index in [2.05, 4.69) is 17.1 Å². The molecule has 2 aliphatic heterocycles. The number of benzene rings is 1. The van der Waals surface area contributed by atoms with Crippen LogP contribution in [0.4, 0.5) is 11.4 Å². The third-order valence-corrected chi connectivity index (χ3v) is 4.34. The van der Waals surface area contributed by atoms with Gasteiger partial charge in [0.05, 0.1) is 18.1 Å². The average molecular weight is 321 g/mol. The first-order valence-electron chi connectivity index (χ1n) is 8.52. The third-order valence-electron chi connectivity index (χ3n) is 4.34. The molecule has 1 aromatic carbocycles. The van der Waals surface area contributed by atoms with Crippen LogP contribution in [-0.2, 0) is 4.74 Å². The second-order valence-electron chi connectivity index (χ2n) is 5.89. The van der Waals surface area contributed by atoms with Crippen LogP contribution >= 0.6 is 0 Å². The van der Waals surface area contributed by atoms with E-state index in [-0.39, 0.29) is 10.6 Å². The molecule has 23 heavy (non-hydrogen) atoms. The maximum atomic E-state index is 10.6. The van der Waals surface area contributed by atoms with Crippen LogP contribution in [-0.4, -0.2) is 43.8 Å². The molecule has 0 saturated carbocycles. The van der Waals surface area contributed by atoms with Crippen LogP contribution in [0.5, 0.6) is 0 Å². The molecule has 0 aliphatic carbocycles. The normalized spacial score (nSPS) is 21.3. The summed E-state index contributed by atoms with van der Waals surface area (Å²) in [5.41, 5.74) is 1.28. The molecule has 1 N–H and O–H groups in total. The number of nitrogens with one attached hydrogen (secondary N) is 1. The van der Waals surface area contributed by atoms with E-state index in [9.17, 15) is 10.1 Å². The average Bonchev–Trinajstić information content (AvgIpc) is 2.64. The number of nitro groups is 1. The Kier molecular flexibility index (Phi) is 7.29. The number of non-ortho nitro benzene ring substituents is 1. The maximum absolute atomic E-state index is 10.6. The molecule has 1 aromatic rings. The molecular weight excluding hydrogens is 294 g/mol. The molecule has 6 heteroatoms. The summed E-state index contributed by atoms with van der Waals surface area (Å²) in [7, 11) is 0. The zero-order chi connectivity index (χ0) is 16.5. The molecule has 3 rings (SSSR count). The van der Waals surface area contributed by atoms with Crippen molar-refractivity contribution in [2.75, 3.05) is 37.7 Å². The van der Waals surface area contributed by atoms with Gasteiger partial charge in [0.25, 0.3) is 5.69 Å². The summed E-state index contributed by atoms with van der Waals surface area (Å²) in [4.78, 5) is 12.6. The van der Waals surface area contributed by atoms with Gasteiger partial charge in [-0.2, -0.15) is 0 Å². The first-order chi connectivity index (χ1) is 11.2. The Bertz CT molecular complexity index is 463. The fourth-order valence-electron chi connectivity index (χ4n) is 3.05. The van der Waals surface area contributed by atoms with Gasteiger partial charge in [0.2, 0.25) is 0 Å². The summed E-state index contributed by atoms with van der Waals surface area (Å²) in [6, 6.07) is 7.51. The number of nitrogens with zero attached hydrogens (tertiary/aromatic N) is 2. The molecule has 0 amide bonds. The molecule has 0 bridgehead atoms. The van der Waals surface area contributed by atoms with Gasteiger partial charge in [-0.05, 0) is 37.8 Å². The highest BCUT2D eigenvalue weighted by atomic mass is 16.6. The van der Waals surface area contributed by atoms with Gasteiger partial charge in [-0.1, -0.05) is 6.92 Å². The van der Waals surface area contributed by atoms with Crippen molar-refractivity contribution < 1.29 is 9.66 Å². The topological polar surface area (TPSA) is 67.6 Å². The molecule has 2 fully saturated rings. The molecule has 1 atom stereocenters. The zero-order valence-corrected chi connectivity index (χ0v) is 13.9. The van der Waals surface area contributed by atoms with Gasteiger partial charge in [-0.25, -0.2) is 0 Å². The van der Waals surface area contributed by atoms with Gasteiger partial charge >= 0.3 is 0 Å². The van der Waals surface area contributed by atoms with Crippen LogP contribution in [0.25, 0.3) is 0 Å². The summed E-state index contributed by atoms with van der Waals surface area (Å²) < 4.78 is 5.01. The number of piperidine rings is 1. The second kappa shape index (κ2) is 9.47. The lowest BCUT2D eigenvalue weighted by molar-refractivity contribution is -0.384. The molecule has 2 aliphatic rings. The summed E-state index contributed by atoms with van der Waals surface area (Å²) in [6.07, 6.45) is 4.87. The largest absolute Gasteiger partial charge is 0.379 e. The number of anilines is 1. The highest BCUT2D eigenvalue weighted by molar-refractivity contribution is 5.51. The van der Waals surface area contributed by atoms with E-state index in [1.165, 1.54) is 19.3 Å². The molecule has 128 valence electrons. The minimum absolute atomic E-state index is 0.166. The van der Waals surface area contributed by atoms with E-state index in [1.807, 2.05) is 12.1 Å². The van der Waals surface area contributed by atoms with Crippen LogP contribution in [0.3, 0.4) is 0 Å². The second-order valence-corrected chi connectivity index (χ2v) is 5.89. The Morgan fingerprint density at radius 1 is 1.26 bits per heavy atom. The number of hydrogen-bond acceptors (Lipinski definition) is 5. The van der Waals surface area contributed by atoms with Gasteiger partial charge in [-0.15, -0.1) is 0 Å². The minimum atomic E-state index is -0.350. The molecule has 0 spiro atoms. The van der Waals surface area contributed by atoms with E-state index >= 15 is 0 Å². The van der Waals surface area contributed by atoms with E-state index in [4.69, 9.17) is 4.74 Å². The van der Waals surface area contributed by atoms with Crippen LogP contribution in [0.15, 0.2) is 24.3 Å². The number of nitro benzene ring substituents is 1. The Balaban J connectivity index is 0.000000268. The lowest BCUT2D eigenvalue weighted by atomic mass is 9.99. The van der Waals surface area contributed by atoms with Crippen LogP contribution in [0.1, 0.15) is 32.6 Å². The summed E-state index contributed by atoms with van der Waals surface area (Å²) >= 11 is 0. The van der Waals surface area contributed by atoms with Crippen molar-refractivity contribution in [2.45, 2.75) is 38.6 Å². The number of ether oxygens (including phenoxy) is 1. The fraction of sp³-hybridized carbons (Fsp3) is 0.647. The number of rotatable bonds is 3. The molecule has 2 saturated heterocycles.